The van der Waals surface area contributed by atoms with Gasteiger partial charge in [0.25, 0.3) is 0 Å². The van der Waals surface area contributed by atoms with Crippen LogP contribution in [0.25, 0.3) is 0 Å². The summed E-state index contributed by atoms with van der Waals surface area (Å²) in [4.78, 5) is 0. The average Bonchev–Trinajstić information content (AvgIpc) is 2.26. The lowest BCUT2D eigenvalue weighted by Crippen LogP contribution is -2.27. The lowest BCUT2D eigenvalue weighted by molar-refractivity contribution is 0.589. The first-order valence-corrected chi connectivity index (χ1v) is 7.43. The lowest BCUT2D eigenvalue weighted by Gasteiger charge is -2.08. The fraction of sp³-hybridized carbons (Fsp3) is 0.455. The van der Waals surface area contributed by atoms with Gasteiger partial charge in [-0.05, 0) is 31.2 Å². The van der Waals surface area contributed by atoms with E-state index in [2.05, 4.69) is 15.4 Å². The Kier molecular flexibility index (Phi) is 5.24. The number of rotatable bonds is 7. The van der Waals surface area contributed by atoms with Crippen LogP contribution in [0.15, 0.2) is 24.3 Å². The summed E-state index contributed by atoms with van der Waals surface area (Å²) in [6.45, 7) is 3.88. The molecule has 0 aliphatic rings. The van der Waals surface area contributed by atoms with E-state index in [0.717, 1.165) is 24.2 Å². The van der Waals surface area contributed by atoms with Crippen LogP contribution in [-0.2, 0) is 10.0 Å². The fourth-order valence-corrected chi connectivity index (χ4v) is 1.83. The summed E-state index contributed by atoms with van der Waals surface area (Å²) in [6, 6.07) is 7.88. The Morgan fingerprint density at radius 1 is 1.00 bits per heavy atom. The highest BCUT2D eigenvalue weighted by atomic mass is 32.2. The smallest absolute Gasteiger partial charge is 0.208 e. The van der Waals surface area contributed by atoms with Crippen molar-refractivity contribution < 1.29 is 8.42 Å². The molecular formula is C11H19N3O2S. The van der Waals surface area contributed by atoms with E-state index in [9.17, 15) is 8.42 Å². The highest BCUT2D eigenvalue weighted by Gasteiger charge is 1.98. The molecule has 0 aliphatic carbocycles. The molecule has 0 fully saturated rings. The zero-order valence-corrected chi connectivity index (χ0v) is 11.0. The second kappa shape index (κ2) is 6.46. The van der Waals surface area contributed by atoms with Crippen LogP contribution in [0.3, 0.4) is 0 Å². The molecule has 0 aliphatic heterocycles. The van der Waals surface area contributed by atoms with Crippen molar-refractivity contribution in [3.05, 3.63) is 24.3 Å². The van der Waals surface area contributed by atoms with Crippen molar-refractivity contribution in [3.8, 4) is 0 Å². The van der Waals surface area contributed by atoms with Crippen LogP contribution in [-0.4, -0.2) is 34.3 Å². The van der Waals surface area contributed by atoms with Gasteiger partial charge in [-0.3, -0.25) is 0 Å². The minimum absolute atomic E-state index is 0.383. The van der Waals surface area contributed by atoms with Gasteiger partial charge in [-0.1, -0.05) is 0 Å². The van der Waals surface area contributed by atoms with Gasteiger partial charge in [0, 0.05) is 31.0 Å². The molecule has 0 atom stereocenters. The summed E-state index contributed by atoms with van der Waals surface area (Å²) in [7, 11) is -3.09. The Morgan fingerprint density at radius 3 is 2.00 bits per heavy atom. The molecule has 0 aromatic heterocycles. The summed E-state index contributed by atoms with van der Waals surface area (Å²) in [5, 5.41) is 6.33. The maximum atomic E-state index is 10.8. The lowest BCUT2D eigenvalue weighted by atomic mass is 10.3. The van der Waals surface area contributed by atoms with Gasteiger partial charge in [0.2, 0.25) is 10.0 Å². The van der Waals surface area contributed by atoms with E-state index in [1.54, 1.807) is 0 Å². The number of hydrogen-bond acceptors (Lipinski definition) is 4. The molecule has 96 valence electrons. The van der Waals surface area contributed by atoms with E-state index < -0.39 is 10.0 Å². The van der Waals surface area contributed by atoms with E-state index >= 15 is 0 Å². The summed E-state index contributed by atoms with van der Waals surface area (Å²) >= 11 is 0. The summed E-state index contributed by atoms with van der Waals surface area (Å²) in [6.07, 6.45) is 1.15. The standard InChI is InChI=1S/C11H19N3O2S/c1-3-12-10-4-6-11(7-5-10)13-8-9-14-17(2,15)16/h4-7,12-14H,3,8-9H2,1-2H3. The summed E-state index contributed by atoms with van der Waals surface area (Å²) in [5.41, 5.74) is 2.05. The number of sulfonamides is 1. The highest BCUT2D eigenvalue weighted by Crippen LogP contribution is 2.12. The molecule has 0 saturated heterocycles. The van der Waals surface area contributed by atoms with Crippen LogP contribution in [0.4, 0.5) is 11.4 Å². The van der Waals surface area contributed by atoms with Crippen molar-refractivity contribution in [1.82, 2.24) is 4.72 Å². The van der Waals surface area contributed by atoms with Gasteiger partial charge in [-0.25, -0.2) is 13.1 Å². The first-order valence-electron chi connectivity index (χ1n) is 5.53. The molecule has 1 aromatic carbocycles. The van der Waals surface area contributed by atoms with Crippen LogP contribution >= 0.6 is 0 Å². The maximum absolute atomic E-state index is 10.8. The van der Waals surface area contributed by atoms with E-state index in [0.29, 0.717) is 13.1 Å². The Bertz CT molecular complexity index is 429. The second-order valence-corrected chi connectivity index (χ2v) is 5.53. The van der Waals surface area contributed by atoms with Crippen LogP contribution in [0, 0.1) is 0 Å². The van der Waals surface area contributed by atoms with Crippen molar-refractivity contribution >= 4 is 21.4 Å². The van der Waals surface area contributed by atoms with Gasteiger partial charge in [-0.15, -0.1) is 0 Å². The van der Waals surface area contributed by atoms with E-state index in [-0.39, 0.29) is 0 Å². The third kappa shape index (κ3) is 6.13. The monoisotopic (exact) mass is 257 g/mol. The highest BCUT2D eigenvalue weighted by molar-refractivity contribution is 7.88. The zero-order valence-electron chi connectivity index (χ0n) is 10.2. The quantitative estimate of drug-likeness (QED) is 0.639. The Balaban J connectivity index is 2.32. The molecule has 17 heavy (non-hydrogen) atoms. The Labute approximate surface area is 103 Å². The predicted molar refractivity (Wildman–Crippen MR) is 71.9 cm³/mol. The summed E-state index contributed by atoms with van der Waals surface area (Å²) in [5.74, 6) is 0. The third-order valence-electron chi connectivity index (χ3n) is 2.08. The first-order chi connectivity index (χ1) is 8.01. The molecule has 0 unspecified atom stereocenters. The molecule has 1 rings (SSSR count). The van der Waals surface area contributed by atoms with Gasteiger partial charge in [0.15, 0.2) is 0 Å². The van der Waals surface area contributed by atoms with Gasteiger partial charge in [-0.2, -0.15) is 0 Å². The van der Waals surface area contributed by atoms with Crippen LogP contribution < -0.4 is 15.4 Å². The zero-order chi connectivity index (χ0) is 12.7. The SMILES string of the molecule is CCNc1ccc(NCCNS(C)(=O)=O)cc1. The molecule has 5 nitrogen and oxygen atoms in total. The molecule has 6 heteroatoms. The fourth-order valence-electron chi connectivity index (χ4n) is 1.35. The number of hydrogen-bond donors (Lipinski definition) is 3. The van der Waals surface area contributed by atoms with Crippen molar-refractivity contribution in [3.63, 3.8) is 0 Å². The molecule has 0 heterocycles. The van der Waals surface area contributed by atoms with Crippen LogP contribution in [0.2, 0.25) is 0 Å². The molecule has 3 N–H and O–H groups in total. The number of anilines is 2. The van der Waals surface area contributed by atoms with Crippen molar-refractivity contribution in [2.45, 2.75) is 6.92 Å². The predicted octanol–water partition coefficient (Wildman–Crippen LogP) is 1.08. The third-order valence-corrected chi connectivity index (χ3v) is 2.81. The van der Waals surface area contributed by atoms with Crippen molar-refractivity contribution in [2.24, 2.45) is 0 Å². The topological polar surface area (TPSA) is 70.2 Å². The minimum Gasteiger partial charge on any atom is -0.385 e. The Hall–Kier alpha value is -1.27. The molecule has 1 aromatic rings. The number of nitrogens with one attached hydrogen (secondary N) is 3. The van der Waals surface area contributed by atoms with Gasteiger partial charge in [0.1, 0.15) is 0 Å². The van der Waals surface area contributed by atoms with E-state index in [1.807, 2.05) is 31.2 Å². The molecule has 0 saturated carbocycles. The van der Waals surface area contributed by atoms with E-state index in [1.165, 1.54) is 0 Å². The molecule has 0 bridgehead atoms. The van der Waals surface area contributed by atoms with Gasteiger partial charge < -0.3 is 10.6 Å². The largest absolute Gasteiger partial charge is 0.385 e. The van der Waals surface area contributed by atoms with Crippen molar-refractivity contribution in [1.29, 1.82) is 0 Å². The van der Waals surface area contributed by atoms with Gasteiger partial charge in [0.05, 0.1) is 6.26 Å². The minimum atomic E-state index is -3.09. The molecule has 0 amide bonds. The Morgan fingerprint density at radius 2 is 1.53 bits per heavy atom. The number of benzene rings is 1. The molecular weight excluding hydrogens is 238 g/mol. The molecule has 0 radical (unpaired) electrons. The normalized spacial score (nSPS) is 11.2. The van der Waals surface area contributed by atoms with Crippen LogP contribution in [0.1, 0.15) is 6.92 Å². The first kappa shape index (κ1) is 13.8. The average molecular weight is 257 g/mol. The maximum Gasteiger partial charge on any atom is 0.208 e. The van der Waals surface area contributed by atoms with Crippen molar-refractivity contribution in [2.75, 3.05) is 36.5 Å². The second-order valence-electron chi connectivity index (χ2n) is 3.70. The van der Waals surface area contributed by atoms with Gasteiger partial charge >= 0.3 is 0 Å². The van der Waals surface area contributed by atoms with E-state index in [4.69, 9.17) is 0 Å². The summed E-state index contributed by atoms with van der Waals surface area (Å²) < 4.78 is 24.0. The van der Waals surface area contributed by atoms with Crippen LogP contribution in [0.5, 0.6) is 0 Å². The molecule has 0 spiro atoms.